The minimum atomic E-state index is 0.307. The van der Waals surface area contributed by atoms with Crippen molar-refractivity contribution in [3.63, 3.8) is 0 Å². The van der Waals surface area contributed by atoms with Crippen molar-refractivity contribution in [2.75, 3.05) is 23.8 Å². The lowest BCUT2D eigenvalue weighted by Gasteiger charge is -2.17. The highest BCUT2D eigenvalue weighted by atomic mass is 16.5. The van der Waals surface area contributed by atoms with Gasteiger partial charge in [-0.3, -0.25) is 0 Å². The molecule has 0 amide bonds. The molecule has 4 heteroatoms. The largest absolute Gasteiger partial charge is 0.491 e. The van der Waals surface area contributed by atoms with E-state index >= 15 is 0 Å². The zero-order valence-corrected chi connectivity index (χ0v) is 11.9. The van der Waals surface area contributed by atoms with Crippen LogP contribution in [0, 0.1) is 12.6 Å². The Hall–Kier alpha value is -2.20. The van der Waals surface area contributed by atoms with E-state index in [0.717, 1.165) is 23.5 Å². The molecule has 1 aliphatic heterocycles. The molecule has 1 radical (unpaired) electrons. The second-order valence-corrected chi connectivity index (χ2v) is 5.21. The van der Waals surface area contributed by atoms with Crippen molar-refractivity contribution >= 4 is 11.4 Å². The van der Waals surface area contributed by atoms with Crippen molar-refractivity contribution in [1.29, 1.82) is 0 Å². The SMILES string of the molecule is NCC(COc1cccc2c1N[CH]N2)Cc1ccccc1. The van der Waals surface area contributed by atoms with Crippen LogP contribution in [0.25, 0.3) is 0 Å². The van der Waals surface area contributed by atoms with Crippen LogP contribution in [0.4, 0.5) is 11.4 Å². The van der Waals surface area contributed by atoms with Crippen molar-refractivity contribution in [2.45, 2.75) is 6.42 Å². The molecule has 2 aromatic rings. The van der Waals surface area contributed by atoms with E-state index in [1.165, 1.54) is 5.56 Å². The number of hydrogen-bond acceptors (Lipinski definition) is 4. The molecule has 0 aromatic heterocycles. The predicted molar refractivity (Wildman–Crippen MR) is 86.2 cm³/mol. The Bertz CT molecular complexity index is 586. The Kier molecular flexibility index (Phi) is 4.26. The Morgan fingerprint density at radius 1 is 1.00 bits per heavy atom. The predicted octanol–water partition coefficient (Wildman–Crippen LogP) is 2.84. The van der Waals surface area contributed by atoms with E-state index < -0.39 is 0 Å². The Balaban J connectivity index is 1.62. The van der Waals surface area contributed by atoms with Gasteiger partial charge in [0.25, 0.3) is 0 Å². The van der Waals surface area contributed by atoms with Crippen LogP contribution in [0.2, 0.25) is 0 Å². The maximum Gasteiger partial charge on any atom is 0.144 e. The third kappa shape index (κ3) is 3.28. The third-order valence-corrected chi connectivity index (χ3v) is 3.65. The topological polar surface area (TPSA) is 59.3 Å². The van der Waals surface area contributed by atoms with E-state index in [9.17, 15) is 0 Å². The van der Waals surface area contributed by atoms with Crippen molar-refractivity contribution in [2.24, 2.45) is 11.7 Å². The lowest BCUT2D eigenvalue weighted by Crippen LogP contribution is -2.23. The lowest BCUT2D eigenvalue weighted by atomic mass is 10.0. The number of anilines is 2. The summed E-state index contributed by atoms with van der Waals surface area (Å²) in [6.45, 7) is 3.03. The van der Waals surface area contributed by atoms with E-state index in [1.807, 2.05) is 30.9 Å². The molecule has 1 atom stereocenters. The normalized spacial score (nSPS) is 14.0. The van der Waals surface area contributed by atoms with Gasteiger partial charge in [0, 0.05) is 5.92 Å². The van der Waals surface area contributed by atoms with Crippen LogP contribution in [-0.4, -0.2) is 13.2 Å². The maximum absolute atomic E-state index is 5.97. The van der Waals surface area contributed by atoms with Gasteiger partial charge in [-0.15, -0.1) is 0 Å². The summed E-state index contributed by atoms with van der Waals surface area (Å²) in [5, 5.41) is 6.31. The lowest BCUT2D eigenvalue weighted by molar-refractivity contribution is 0.253. The number of nitrogens with two attached hydrogens (primary N) is 1. The summed E-state index contributed by atoms with van der Waals surface area (Å²) in [5.41, 5.74) is 9.21. The van der Waals surface area contributed by atoms with Gasteiger partial charge >= 0.3 is 0 Å². The Labute approximate surface area is 125 Å². The van der Waals surface area contributed by atoms with Gasteiger partial charge in [0.2, 0.25) is 0 Å². The fourth-order valence-electron chi connectivity index (χ4n) is 2.47. The smallest absolute Gasteiger partial charge is 0.144 e. The fraction of sp³-hybridized carbons (Fsp3) is 0.235. The average Bonchev–Trinajstić information content (AvgIpc) is 3.01. The summed E-state index contributed by atoms with van der Waals surface area (Å²) in [4.78, 5) is 0. The summed E-state index contributed by atoms with van der Waals surface area (Å²) < 4.78 is 5.97. The molecule has 2 aromatic carbocycles. The molecular weight excluding hydrogens is 262 g/mol. The summed E-state index contributed by atoms with van der Waals surface area (Å²) in [6.07, 6.45) is 0.935. The van der Waals surface area contributed by atoms with E-state index in [1.54, 1.807) is 0 Å². The van der Waals surface area contributed by atoms with E-state index in [0.29, 0.717) is 19.1 Å². The molecule has 0 saturated carbocycles. The van der Waals surface area contributed by atoms with Crippen LogP contribution in [0.3, 0.4) is 0 Å². The highest BCUT2D eigenvalue weighted by Crippen LogP contribution is 2.36. The molecule has 0 spiro atoms. The van der Waals surface area contributed by atoms with E-state index in [4.69, 9.17) is 10.5 Å². The zero-order valence-electron chi connectivity index (χ0n) is 11.9. The molecule has 0 fully saturated rings. The quantitative estimate of drug-likeness (QED) is 0.762. The molecule has 1 unspecified atom stereocenters. The van der Waals surface area contributed by atoms with Gasteiger partial charge in [0.1, 0.15) is 18.1 Å². The summed E-state index contributed by atoms with van der Waals surface area (Å²) in [5.74, 6) is 1.17. The summed E-state index contributed by atoms with van der Waals surface area (Å²) in [7, 11) is 0. The molecule has 109 valence electrons. The number of hydrogen-bond donors (Lipinski definition) is 3. The highest BCUT2D eigenvalue weighted by Gasteiger charge is 2.16. The first-order chi connectivity index (χ1) is 10.4. The van der Waals surface area contributed by atoms with Gasteiger partial charge in [-0.25, -0.2) is 0 Å². The standard InChI is InChI=1S/C17H20N3O/c18-10-14(9-13-5-2-1-3-6-13)11-21-16-8-4-7-15-17(16)20-12-19-15/h1-8,12,14,19-20H,9-11,18H2. The molecule has 1 heterocycles. The first-order valence-corrected chi connectivity index (χ1v) is 7.21. The van der Waals surface area contributed by atoms with Crippen LogP contribution in [0.1, 0.15) is 5.56 Å². The maximum atomic E-state index is 5.97. The van der Waals surface area contributed by atoms with Gasteiger partial charge < -0.3 is 21.1 Å². The average molecular weight is 282 g/mol. The number of fused-ring (bicyclic) bond motifs is 1. The first kappa shape index (κ1) is 13.8. The monoisotopic (exact) mass is 282 g/mol. The third-order valence-electron chi connectivity index (χ3n) is 3.65. The van der Waals surface area contributed by atoms with Crippen molar-refractivity contribution < 1.29 is 4.74 Å². The van der Waals surface area contributed by atoms with E-state index in [2.05, 4.69) is 34.9 Å². The van der Waals surface area contributed by atoms with Gasteiger partial charge in [-0.2, -0.15) is 0 Å². The van der Waals surface area contributed by atoms with E-state index in [-0.39, 0.29) is 0 Å². The fourth-order valence-corrected chi connectivity index (χ4v) is 2.47. The van der Waals surface area contributed by atoms with Crippen molar-refractivity contribution in [3.05, 3.63) is 60.8 Å². The Morgan fingerprint density at radius 2 is 1.86 bits per heavy atom. The molecule has 0 saturated heterocycles. The van der Waals surface area contributed by atoms with Crippen LogP contribution < -0.4 is 21.1 Å². The van der Waals surface area contributed by atoms with Gasteiger partial charge in [-0.1, -0.05) is 36.4 Å². The molecular formula is C17H20N3O. The molecule has 3 rings (SSSR count). The molecule has 21 heavy (non-hydrogen) atoms. The minimum Gasteiger partial charge on any atom is -0.491 e. The molecule has 4 N–H and O–H groups in total. The molecule has 4 nitrogen and oxygen atoms in total. The van der Waals surface area contributed by atoms with Gasteiger partial charge in [0.05, 0.1) is 12.3 Å². The van der Waals surface area contributed by atoms with Crippen molar-refractivity contribution in [3.8, 4) is 5.75 Å². The zero-order chi connectivity index (χ0) is 14.5. The summed E-state index contributed by atoms with van der Waals surface area (Å²) in [6, 6.07) is 16.4. The number of benzene rings is 2. The van der Waals surface area contributed by atoms with Crippen LogP contribution in [0.15, 0.2) is 48.5 Å². The van der Waals surface area contributed by atoms with Crippen LogP contribution >= 0.6 is 0 Å². The van der Waals surface area contributed by atoms with Gasteiger partial charge in [0.15, 0.2) is 0 Å². The first-order valence-electron chi connectivity index (χ1n) is 7.21. The number of nitrogens with one attached hydrogen (secondary N) is 2. The summed E-state index contributed by atoms with van der Waals surface area (Å²) >= 11 is 0. The molecule has 0 bridgehead atoms. The number of rotatable bonds is 6. The Morgan fingerprint density at radius 3 is 2.67 bits per heavy atom. The molecule has 0 aliphatic carbocycles. The van der Waals surface area contributed by atoms with Crippen LogP contribution in [0.5, 0.6) is 5.75 Å². The minimum absolute atomic E-state index is 0.307. The molecule has 1 aliphatic rings. The van der Waals surface area contributed by atoms with Crippen LogP contribution in [-0.2, 0) is 6.42 Å². The second kappa shape index (κ2) is 6.50. The van der Waals surface area contributed by atoms with Gasteiger partial charge in [-0.05, 0) is 30.7 Å². The highest BCUT2D eigenvalue weighted by molar-refractivity contribution is 5.80. The van der Waals surface area contributed by atoms with Crippen molar-refractivity contribution in [1.82, 2.24) is 0 Å². The second-order valence-electron chi connectivity index (χ2n) is 5.21. The number of ether oxygens (including phenoxy) is 1. The number of para-hydroxylation sites is 1.